The van der Waals surface area contributed by atoms with Crippen molar-refractivity contribution in [2.75, 3.05) is 19.6 Å². The lowest BCUT2D eigenvalue weighted by atomic mass is 10.1. The van der Waals surface area contributed by atoms with Crippen LogP contribution in [-0.2, 0) is 4.79 Å². The van der Waals surface area contributed by atoms with Crippen LogP contribution in [0.25, 0.3) is 0 Å². The molecule has 5 heteroatoms. The predicted octanol–water partition coefficient (Wildman–Crippen LogP) is -0.671. The number of hydrogen-bond acceptors (Lipinski definition) is 4. The molecule has 1 amide bonds. The molecule has 5 nitrogen and oxygen atoms in total. The average molecular weight is 230 g/mol. The summed E-state index contributed by atoms with van der Waals surface area (Å²) in [6, 6.07) is -0.162. The van der Waals surface area contributed by atoms with Crippen LogP contribution >= 0.6 is 0 Å². The van der Waals surface area contributed by atoms with Gasteiger partial charge in [-0.25, -0.2) is 0 Å². The molecule has 1 heterocycles. The van der Waals surface area contributed by atoms with Crippen LogP contribution in [0.2, 0.25) is 0 Å². The van der Waals surface area contributed by atoms with Crippen molar-refractivity contribution in [3.8, 4) is 0 Å². The fourth-order valence-corrected chi connectivity index (χ4v) is 2.07. The molecule has 1 saturated heterocycles. The fourth-order valence-electron chi connectivity index (χ4n) is 2.07. The minimum absolute atomic E-state index is 0.107. The lowest BCUT2D eigenvalue weighted by molar-refractivity contribution is -0.119. The van der Waals surface area contributed by atoms with E-state index in [9.17, 15) is 15.0 Å². The number of nitrogens with one attached hydrogen (secondary N) is 1. The summed E-state index contributed by atoms with van der Waals surface area (Å²) in [5.41, 5.74) is 0. The Labute approximate surface area is 96.4 Å². The zero-order chi connectivity index (χ0) is 12.1. The van der Waals surface area contributed by atoms with Gasteiger partial charge in [-0.15, -0.1) is 0 Å². The summed E-state index contributed by atoms with van der Waals surface area (Å²) in [6.45, 7) is 5.30. The van der Waals surface area contributed by atoms with E-state index in [1.165, 1.54) is 6.92 Å². The molecule has 0 radical (unpaired) electrons. The van der Waals surface area contributed by atoms with E-state index in [2.05, 4.69) is 17.1 Å². The van der Waals surface area contributed by atoms with Crippen LogP contribution in [0.1, 0.15) is 26.7 Å². The molecule has 3 N–H and O–H groups in total. The quantitative estimate of drug-likeness (QED) is 0.585. The Bertz CT molecular complexity index is 235. The molecule has 3 unspecified atom stereocenters. The summed E-state index contributed by atoms with van der Waals surface area (Å²) in [5.74, 6) is -0.107. The highest BCUT2D eigenvalue weighted by molar-refractivity contribution is 5.72. The van der Waals surface area contributed by atoms with Crippen molar-refractivity contribution < 1.29 is 15.0 Å². The second-order valence-electron chi connectivity index (χ2n) is 4.41. The number of rotatable bonds is 5. The maximum absolute atomic E-state index is 10.8. The summed E-state index contributed by atoms with van der Waals surface area (Å²) < 4.78 is 0. The predicted molar refractivity (Wildman–Crippen MR) is 61.0 cm³/mol. The molecule has 16 heavy (non-hydrogen) atoms. The smallest absolute Gasteiger partial charge is 0.216 e. The Morgan fingerprint density at radius 2 is 2.19 bits per heavy atom. The van der Waals surface area contributed by atoms with E-state index in [-0.39, 0.29) is 11.9 Å². The zero-order valence-electron chi connectivity index (χ0n) is 10.0. The van der Waals surface area contributed by atoms with Gasteiger partial charge in [-0.1, -0.05) is 13.3 Å². The highest BCUT2D eigenvalue weighted by atomic mass is 16.3. The van der Waals surface area contributed by atoms with Crippen molar-refractivity contribution in [1.29, 1.82) is 0 Å². The van der Waals surface area contributed by atoms with Crippen LogP contribution in [-0.4, -0.2) is 58.9 Å². The van der Waals surface area contributed by atoms with E-state index in [0.29, 0.717) is 13.1 Å². The number of hydrogen-bond donors (Lipinski definition) is 3. The van der Waals surface area contributed by atoms with Gasteiger partial charge in [0.2, 0.25) is 5.91 Å². The molecule has 1 rings (SSSR count). The molecule has 0 aliphatic carbocycles. The third-order valence-corrected chi connectivity index (χ3v) is 3.04. The summed E-state index contributed by atoms with van der Waals surface area (Å²) in [7, 11) is 0. The van der Waals surface area contributed by atoms with Gasteiger partial charge < -0.3 is 15.5 Å². The van der Waals surface area contributed by atoms with E-state index in [1.807, 2.05) is 0 Å². The molecular formula is C11H22N2O3. The van der Waals surface area contributed by atoms with Crippen molar-refractivity contribution in [1.82, 2.24) is 10.2 Å². The molecule has 1 aliphatic rings. The maximum Gasteiger partial charge on any atom is 0.216 e. The topological polar surface area (TPSA) is 72.8 Å². The second kappa shape index (κ2) is 6.18. The highest BCUT2D eigenvalue weighted by Gasteiger charge is 2.39. The van der Waals surface area contributed by atoms with Crippen LogP contribution in [0, 0.1) is 0 Å². The third kappa shape index (κ3) is 3.43. The lowest BCUT2D eigenvalue weighted by Gasteiger charge is -2.25. The number of aliphatic hydroxyl groups excluding tert-OH is 2. The molecule has 0 spiro atoms. The van der Waals surface area contributed by atoms with E-state index in [1.54, 1.807) is 0 Å². The number of aliphatic hydroxyl groups is 2. The number of likely N-dealkylation sites (tertiary alicyclic amines) is 1. The Hall–Kier alpha value is -0.650. The number of amides is 1. The number of unbranched alkanes of at least 4 members (excludes halogenated alkanes) is 1. The van der Waals surface area contributed by atoms with Gasteiger partial charge >= 0.3 is 0 Å². The number of β-amino-alcohol motifs (C(OH)–C–C–N with tert-alkyl or cyclic N) is 1. The van der Waals surface area contributed by atoms with Gasteiger partial charge in [0.25, 0.3) is 0 Å². The molecule has 1 fully saturated rings. The van der Waals surface area contributed by atoms with Gasteiger partial charge in [0, 0.05) is 20.0 Å². The fraction of sp³-hybridized carbons (Fsp3) is 0.909. The van der Waals surface area contributed by atoms with Crippen molar-refractivity contribution in [3.05, 3.63) is 0 Å². The van der Waals surface area contributed by atoms with Crippen molar-refractivity contribution >= 4 is 5.91 Å². The minimum Gasteiger partial charge on any atom is -0.389 e. The zero-order valence-corrected chi connectivity index (χ0v) is 10.0. The van der Waals surface area contributed by atoms with Crippen molar-refractivity contribution in [3.63, 3.8) is 0 Å². The van der Waals surface area contributed by atoms with Gasteiger partial charge in [0.15, 0.2) is 0 Å². The first-order valence-electron chi connectivity index (χ1n) is 5.90. The van der Waals surface area contributed by atoms with Crippen molar-refractivity contribution in [2.24, 2.45) is 0 Å². The van der Waals surface area contributed by atoms with Gasteiger partial charge in [-0.2, -0.15) is 0 Å². The molecular weight excluding hydrogens is 208 g/mol. The number of carbonyl (C=O) groups excluding carboxylic acids is 1. The molecule has 0 aromatic carbocycles. The summed E-state index contributed by atoms with van der Waals surface area (Å²) in [5, 5.41) is 22.1. The Balaban J connectivity index is 2.49. The van der Waals surface area contributed by atoms with Crippen LogP contribution < -0.4 is 5.32 Å². The molecule has 3 atom stereocenters. The van der Waals surface area contributed by atoms with Crippen LogP contribution in [0.5, 0.6) is 0 Å². The summed E-state index contributed by atoms with van der Waals surface area (Å²) >= 11 is 0. The molecule has 0 aromatic rings. The van der Waals surface area contributed by atoms with E-state index >= 15 is 0 Å². The Morgan fingerprint density at radius 3 is 2.75 bits per heavy atom. The molecule has 94 valence electrons. The van der Waals surface area contributed by atoms with E-state index < -0.39 is 12.2 Å². The first kappa shape index (κ1) is 13.4. The standard InChI is InChI=1S/C11H22N2O3/c1-3-4-5-13-7-10(15)11(16)9(13)6-12-8(2)14/h9-11,15-16H,3-7H2,1-2H3,(H,12,14). The monoisotopic (exact) mass is 230 g/mol. The van der Waals surface area contributed by atoms with E-state index in [0.717, 1.165) is 19.4 Å². The van der Waals surface area contributed by atoms with Gasteiger partial charge in [0.05, 0.1) is 18.2 Å². The molecule has 0 bridgehead atoms. The number of carbonyl (C=O) groups is 1. The SMILES string of the molecule is CCCCN1CC(O)C(O)C1CNC(C)=O. The van der Waals surface area contributed by atoms with E-state index in [4.69, 9.17) is 0 Å². The molecule has 0 aromatic heterocycles. The summed E-state index contributed by atoms with van der Waals surface area (Å²) in [4.78, 5) is 12.9. The maximum atomic E-state index is 10.8. The Morgan fingerprint density at radius 1 is 1.50 bits per heavy atom. The van der Waals surface area contributed by atoms with Crippen LogP contribution in [0.3, 0.4) is 0 Å². The van der Waals surface area contributed by atoms with Gasteiger partial charge in [0.1, 0.15) is 0 Å². The second-order valence-corrected chi connectivity index (χ2v) is 4.41. The average Bonchev–Trinajstić information content (AvgIpc) is 2.49. The van der Waals surface area contributed by atoms with Crippen molar-refractivity contribution in [2.45, 2.75) is 44.9 Å². The van der Waals surface area contributed by atoms with Crippen LogP contribution in [0.4, 0.5) is 0 Å². The lowest BCUT2D eigenvalue weighted by Crippen LogP contribution is -2.45. The summed E-state index contributed by atoms with van der Waals surface area (Å²) in [6.07, 6.45) is 0.658. The number of nitrogens with zero attached hydrogens (tertiary/aromatic N) is 1. The minimum atomic E-state index is -0.760. The van der Waals surface area contributed by atoms with Gasteiger partial charge in [-0.3, -0.25) is 9.69 Å². The normalized spacial score (nSPS) is 30.6. The third-order valence-electron chi connectivity index (χ3n) is 3.04. The molecule has 0 saturated carbocycles. The molecule has 1 aliphatic heterocycles. The first-order valence-corrected chi connectivity index (χ1v) is 5.90. The Kier molecular flexibility index (Phi) is 5.18. The first-order chi connectivity index (χ1) is 7.56. The highest BCUT2D eigenvalue weighted by Crippen LogP contribution is 2.18. The van der Waals surface area contributed by atoms with Crippen LogP contribution in [0.15, 0.2) is 0 Å². The largest absolute Gasteiger partial charge is 0.389 e. The van der Waals surface area contributed by atoms with Gasteiger partial charge in [-0.05, 0) is 13.0 Å².